The van der Waals surface area contributed by atoms with E-state index in [0.29, 0.717) is 11.0 Å². The molecule has 1 saturated heterocycles. The Balaban J connectivity index is 1.69. The zero-order valence-corrected chi connectivity index (χ0v) is 14.5. The largest absolute Gasteiger partial charge is 0.369 e. The van der Waals surface area contributed by atoms with Gasteiger partial charge in [0.15, 0.2) is 0 Å². The molecule has 1 heterocycles. The summed E-state index contributed by atoms with van der Waals surface area (Å²) in [5.41, 5.74) is 0.815. The number of nitrogens with zero attached hydrogens (tertiary/aromatic N) is 1. The Labute approximate surface area is 147 Å². The number of anilines is 1. The molecule has 0 bridgehead atoms. The fraction of sp³-hybridized carbons (Fsp3) is 0.278. The van der Waals surface area contributed by atoms with Crippen molar-refractivity contribution in [3.63, 3.8) is 0 Å². The molecule has 3 rings (SSSR count). The maximum atomic E-state index is 13.8. The minimum atomic E-state index is -0.548. The van der Waals surface area contributed by atoms with Crippen molar-refractivity contribution in [2.75, 3.05) is 18.0 Å². The van der Waals surface area contributed by atoms with Crippen molar-refractivity contribution in [3.05, 3.63) is 64.1 Å². The molecule has 1 N–H and O–H groups in total. The molecule has 0 saturated carbocycles. The molecule has 1 unspecified atom stereocenters. The van der Waals surface area contributed by atoms with E-state index in [2.05, 4.69) is 21.2 Å². The molecule has 0 aromatic heterocycles. The second-order valence-electron chi connectivity index (χ2n) is 5.86. The van der Waals surface area contributed by atoms with Gasteiger partial charge in [-0.05, 0) is 49.2 Å². The van der Waals surface area contributed by atoms with E-state index in [9.17, 15) is 13.6 Å². The van der Waals surface area contributed by atoms with Crippen LogP contribution >= 0.6 is 15.9 Å². The van der Waals surface area contributed by atoms with Crippen LogP contribution in [0.25, 0.3) is 0 Å². The summed E-state index contributed by atoms with van der Waals surface area (Å²) in [5.74, 6) is -1.26. The van der Waals surface area contributed by atoms with Gasteiger partial charge in [0.2, 0.25) is 0 Å². The van der Waals surface area contributed by atoms with Crippen LogP contribution < -0.4 is 10.2 Å². The zero-order valence-electron chi connectivity index (χ0n) is 12.9. The smallest absolute Gasteiger partial charge is 0.254 e. The Morgan fingerprint density at radius 2 is 2.04 bits per heavy atom. The number of hydrogen-bond donors (Lipinski definition) is 1. The molecule has 24 heavy (non-hydrogen) atoms. The van der Waals surface area contributed by atoms with Crippen LogP contribution in [0.15, 0.2) is 46.9 Å². The van der Waals surface area contributed by atoms with Crippen LogP contribution in [-0.2, 0) is 0 Å². The summed E-state index contributed by atoms with van der Waals surface area (Å²) in [7, 11) is 0. The van der Waals surface area contributed by atoms with Gasteiger partial charge < -0.3 is 10.2 Å². The van der Waals surface area contributed by atoms with Crippen LogP contribution in [0.3, 0.4) is 0 Å². The quantitative estimate of drug-likeness (QED) is 0.848. The standard InChI is InChI=1S/C18H17BrF2N2O/c19-12-6-7-17(21)16(9-12)18(24)22-14-4-2-8-23(11-14)15-5-1-3-13(20)10-15/h1,3,5-7,9-10,14H,2,4,8,11H2,(H,22,24). The molecule has 2 aromatic rings. The van der Waals surface area contributed by atoms with Gasteiger partial charge >= 0.3 is 0 Å². The van der Waals surface area contributed by atoms with Crippen LogP contribution in [-0.4, -0.2) is 25.0 Å². The molecular formula is C18H17BrF2N2O. The Hall–Kier alpha value is -1.95. The van der Waals surface area contributed by atoms with Gasteiger partial charge in [0.25, 0.3) is 5.91 Å². The van der Waals surface area contributed by atoms with Crippen molar-refractivity contribution in [2.45, 2.75) is 18.9 Å². The summed E-state index contributed by atoms with van der Waals surface area (Å²) in [5, 5.41) is 2.88. The molecule has 6 heteroatoms. The predicted molar refractivity (Wildman–Crippen MR) is 93.2 cm³/mol. The van der Waals surface area contributed by atoms with Crippen molar-refractivity contribution in [1.29, 1.82) is 0 Å². The third kappa shape index (κ3) is 3.93. The number of benzene rings is 2. The van der Waals surface area contributed by atoms with Crippen molar-refractivity contribution in [2.24, 2.45) is 0 Å². The lowest BCUT2D eigenvalue weighted by Gasteiger charge is -2.34. The number of hydrogen-bond acceptors (Lipinski definition) is 2. The molecule has 1 atom stereocenters. The highest BCUT2D eigenvalue weighted by molar-refractivity contribution is 9.10. The first-order chi connectivity index (χ1) is 11.5. The molecule has 1 aliphatic rings. The second kappa shape index (κ2) is 7.30. The molecule has 1 fully saturated rings. The summed E-state index contributed by atoms with van der Waals surface area (Å²) >= 11 is 3.25. The molecule has 0 radical (unpaired) electrons. The first-order valence-corrected chi connectivity index (χ1v) is 8.58. The van der Waals surface area contributed by atoms with Gasteiger partial charge in [-0.2, -0.15) is 0 Å². The average molecular weight is 395 g/mol. The van der Waals surface area contributed by atoms with E-state index in [0.717, 1.165) is 25.1 Å². The van der Waals surface area contributed by atoms with Crippen molar-refractivity contribution in [1.82, 2.24) is 5.32 Å². The van der Waals surface area contributed by atoms with E-state index in [-0.39, 0.29) is 17.4 Å². The lowest BCUT2D eigenvalue weighted by molar-refractivity contribution is 0.0929. The van der Waals surface area contributed by atoms with Gasteiger partial charge in [-0.3, -0.25) is 4.79 Å². The lowest BCUT2D eigenvalue weighted by Crippen LogP contribution is -2.48. The lowest BCUT2D eigenvalue weighted by atomic mass is 10.0. The van der Waals surface area contributed by atoms with Gasteiger partial charge in [-0.1, -0.05) is 22.0 Å². The number of piperidine rings is 1. The molecule has 3 nitrogen and oxygen atoms in total. The number of nitrogens with one attached hydrogen (secondary N) is 1. The van der Waals surface area contributed by atoms with Crippen molar-refractivity contribution >= 4 is 27.5 Å². The van der Waals surface area contributed by atoms with E-state index in [1.165, 1.54) is 24.3 Å². The first kappa shape index (κ1) is 16.9. The third-order valence-corrected chi connectivity index (χ3v) is 4.60. The zero-order chi connectivity index (χ0) is 17.1. The number of rotatable bonds is 3. The number of carbonyl (C=O) groups is 1. The molecule has 1 aliphatic heterocycles. The summed E-state index contributed by atoms with van der Waals surface area (Å²) < 4.78 is 27.9. The molecule has 0 spiro atoms. The van der Waals surface area contributed by atoms with E-state index in [1.54, 1.807) is 12.1 Å². The molecule has 126 valence electrons. The summed E-state index contributed by atoms with van der Waals surface area (Å²) in [6, 6.07) is 10.6. The SMILES string of the molecule is O=C(NC1CCCN(c2cccc(F)c2)C1)c1cc(Br)ccc1F. The highest BCUT2D eigenvalue weighted by Gasteiger charge is 2.23. The topological polar surface area (TPSA) is 32.3 Å². The maximum Gasteiger partial charge on any atom is 0.254 e. The van der Waals surface area contributed by atoms with Gasteiger partial charge in [-0.15, -0.1) is 0 Å². The minimum Gasteiger partial charge on any atom is -0.369 e. The molecule has 2 aromatic carbocycles. The van der Waals surface area contributed by atoms with Crippen LogP contribution in [0.2, 0.25) is 0 Å². The minimum absolute atomic E-state index is 0.0206. The van der Waals surface area contributed by atoms with Gasteiger partial charge in [0, 0.05) is 29.3 Å². The molecule has 0 aliphatic carbocycles. The number of carbonyl (C=O) groups excluding carboxylic acids is 1. The Morgan fingerprint density at radius 1 is 1.21 bits per heavy atom. The Kier molecular flexibility index (Phi) is 5.14. The number of halogens is 3. The van der Waals surface area contributed by atoms with Crippen LogP contribution in [0.5, 0.6) is 0 Å². The summed E-state index contributed by atoms with van der Waals surface area (Å²) in [6.45, 7) is 1.38. The summed E-state index contributed by atoms with van der Waals surface area (Å²) in [4.78, 5) is 14.4. The van der Waals surface area contributed by atoms with Crippen molar-refractivity contribution < 1.29 is 13.6 Å². The van der Waals surface area contributed by atoms with E-state index >= 15 is 0 Å². The highest BCUT2D eigenvalue weighted by atomic mass is 79.9. The Bertz CT molecular complexity index is 754. The highest BCUT2D eigenvalue weighted by Crippen LogP contribution is 2.21. The van der Waals surface area contributed by atoms with Crippen LogP contribution in [0, 0.1) is 11.6 Å². The van der Waals surface area contributed by atoms with Crippen LogP contribution in [0.1, 0.15) is 23.2 Å². The van der Waals surface area contributed by atoms with Gasteiger partial charge in [-0.25, -0.2) is 8.78 Å². The molecule has 1 amide bonds. The van der Waals surface area contributed by atoms with Gasteiger partial charge in [0.05, 0.1) is 5.56 Å². The van der Waals surface area contributed by atoms with Gasteiger partial charge in [0.1, 0.15) is 11.6 Å². The Morgan fingerprint density at radius 3 is 2.83 bits per heavy atom. The maximum absolute atomic E-state index is 13.8. The average Bonchev–Trinajstić information content (AvgIpc) is 2.57. The predicted octanol–water partition coefficient (Wildman–Crippen LogP) is 4.13. The van der Waals surface area contributed by atoms with E-state index in [1.807, 2.05) is 11.0 Å². The fourth-order valence-corrected chi connectivity index (χ4v) is 3.30. The monoisotopic (exact) mass is 394 g/mol. The second-order valence-corrected chi connectivity index (χ2v) is 6.78. The molecular weight excluding hydrogens is 378 g/mol. The normalized spacial score (nSPS) is 17.6. The van der Waals surface area contributed by atoms with E-state index < -0.39 is 11.7 Å². The summed E-state index contributed by atoms with van der Waals surface area (Å²) in [6.07, 6.45) is 1.69. The fourth-order valence-electron chi connectivity index (χ4n) is 2.94. The first-order valence-electron chi connectivity index (χ1n) is 7.79. The van der Waals surface area contributed by atoms with E-state index in [4.69, 9.17) is 0 Å². The number of amides is 1. The van der Waals surface area contributed by atoms with Crippen LogP contribution in [0.4, 0.5) is 14.5 Å². The third-order valence-electron chi connectivity index (χ3n) is 4.10. The van der Waals surface area contributed by atoms with Crippen molar-refractivity contribution in [3.8, 4) is 0 Å².